The van der Waals surface area contributed by atoms with Crippen LogP contribution in [0.15, 0.2) is 78.9 Å². The molecule has 4 rings (SSSR count). The van der Waals surface area contributed by atoms with Gasteiger partial charge in [-0.15, -0.1) is 0 Å². The molecule has 1 aromatic heterocycles. The lowest BCUT2D eigenvalue weighted by molar-refractivity contribution is 0.420. The fourth-order valence-electron chi connectivity index (χ4n) is 3.18. The number of hydrogen-bond acceptors (Lipinski definition) is 3. The zero-order valence-corrected chi connectivity index (χ0v) is 13.8. The van der Waals surface area contributed by atoms with Gasteiger partial charge in [0.2, 0.25) is 0 Å². The summed E-state index contributed by atoms with van der Waals surface area (Å²) in [6.45, 7) is 0. The molecule has 0 atom stereocenters. The summed E-state index contributed by atoms with van der Waals surface area (Å²) < 4.78 is 0. The molecular formula is C21H19N3. The van der Waals surface area contributed by atoms with Crippen molar-refractivity contribution in [2.24, 2.45) is 0 Å². The Bertz CT molecular complexity index is 939. The Morgan fingerprint density at radius 1 is 0.625 bits per heavy atom. The van der Waals surface area contributed by atoms with Gasteiger partial charge in [-0.1, -0.05) is 54.6 Å². The molecule has 0 aliphatic carbocycles. The highest BCUT2D eigenvalue weighted by molar-refractivity contribution is 6.08. The predicted molar refractivity (Wildman–Crippen MR) is 102 cm³/mol. The second-order valence-electron chi connectivity index (χ2n) is 5.99. The van der Waals surface area contributed by atoms with Crippen LogP contribution in [0.25, 0.3) is 21.8 Å². The number of nitrogens with zero attached hydrogens (tertiary/aromatic N) is 3. The molecular weight excluding hydrogens is 294 g/mol. The first-order valence-corrected chi connectivity index (χ1v) is 8.05. The topological polar surface area (TPSA) is 19.4 Å². The molecule has 0 amide bonds. The highest BCUT2D eigenvalue weighted by Crippen LogP contribution is 2.37. The third-order valence-electron chi connectivity index (χ3n) is 4.17. The molecule has 24 heavy (non-hydrogen) atoms. The van der Waals surface area contributed by atoms with Gasteiger partial charge in [0.05, 0.1) is 22.4 Å². The van der Waals surface area contributed by atoms with Gasteiger partial charge in [-0.05, 0) is 24.3 Å². The van der Waals surface area contributed by atoms with E-state index in [9.17, 15) is 0 Å². The first-order valence-electron chi connectivity index (χ1n) is 8.05. The van der Waals surface area contributed by atoms with Crippen molar-refractivity contribution in [1.29, 1.82) is 0 Å². The van der Waals surface area contributed by atoms with E-state index in [1.54, 1.807) is 0 Å². The maximum Gasteiger partial charge on any atom is 0.0768 e. The summed E-state index contributed by atoms with van der Waals surface area (Å²) in [4.78, 5) is 4.83. The van der Waals surface area contributed by atoms with E-state index < -0.39 is 0 Å². The number of anilines is 2. The van der Waals surface area contributed by atoms with Crippen LogP contribution in [0.5, 0.6) is 0 Å². The lowest BCUT2D eigenvalue weighted by atomic mass is 10.1. The summed E-state index contributed by atoms with van der Waals surface area (Å²) in [5.41, 5.74) is 4.30. The van der Waals surface area contributed by atoms with E-state index >= 15 is 0 Å². The summed E-state index contributed by atoms with van der Waals surface area (Å²) in [6.07, 6.45) is 0. The summed E-state index contributed by atoms with van der Waals surface area (Å²) >= 11 is 0. The molecule has 0 fully saturated rings. The van der Waals surface area contributed by atoms with Crippen LogP contribution in [0, 0.1) is 0 Å². The summed E-state index contributed by atoms with van der Waals surface area (Å²) in [5, 5.41) is 6.65. The van der Waals surface area contributed by atoms with E-state index in [-0.39, 0.29) is 0 Å². The van der Waals surface area contributed by atoms with E-state index in [1.807, 2.05) is 18.2 Å². The molecule has 3 aromatic carbocycles. The molecule has 0 aliphatic rings. The zero-order chi connectivity index (χ0) is 16.5. The van der Waals surface area contributed by atoms with Crippen molar-refractivity contribution in [2.45, 2.75) is 0 Å². The molecule has 0 N–H and O–H groups in total. The SMILES string of the molecule is CN(C)N(c1ccccc1)c1c2ccccc2nc2ccccc12. The molecule has 3 nitrogen and oxygen atoms in total. The number of rotatable bonds is 3. The van der Waals surface area contributed by atoms with Crippen molar-refractivity contribution >= 4 is 33.2 Å². The van der Waals surface area contributed by atoms with E-state index in [0.29, 0.717) is 0 Å². The third kappa shape index (κ3) is 2.39. The Morgan fingerprint density at radius 2 is 1.12 bits per heavy atom. The molecule has 0 bridgehead atoms. The smallest absolute Gasteiger partial charge is 0.0768 e. The van der Waals surface area contributed by atoms with Gasteiger partial charge in [0.25, 0.3) is 0 Å². The molecule has 0 spiro atoms. The van der Waals surface area contributed by atoms with Crippen LogP contribution in [-0.4, -0.2) is 24.1 Å². The number of benzene rings is 3. The fourth-order valence-corrected chi connectivity index (χ4v) is 3.18. The summed E-state index contributed by atoms with van der Waals surface area (Å²) in [5.74, 6) is 0. The maximum atomic E-state index is 4.83. The standard InChI is InChI=1S/C21H19N3/c1-23(2)24(16-10-4-3-5-11-16)21-17-12-6-8-14-19(17)22-20-15-9-7-13-18(20)21/h3-15H,1-2H3. The van der Waals surface area contributed by atoms with Crippen molar-refractivity contribution in [3.05, 3.63) is 78.9 Å². The highest BCUT2D eigenvalue weighted by atomic mass is 15.6. The van der Waals surface area contributed by atoms with Gasteiger partial charge >= 0.3 is 0 Å². The molecule has 0 unspecified atom stereocenters. The van der Waals surface area contributed by atoms with Crippen LogP contribution in [0.2, 0.25) is 0 Å². The van der Waals surface area contributed by atoms with Crippen molar-refractivity contribution < 1.29 is 0 Å². The predicted octanol–water partition coefficient (Wildman–Crippen LogP) is 5.00. The molecule has 118 valence electrons. The van der Waals surface area contributed by atoms with Crippen LogP contribution in [0.4, 0.5) is 11.4 Å². The molecule has 0 radical (unpaired) electrons. The van der Waals surface area contributed by atoms with Crippen LogP contribution >= 0.6 is 0 Å². The van der Waals surface area contributed by atoms with E-state index in [0.717, 1.165) is 33.2 Å². The number of para-hydroxylation sites is 3. The summed E-state index contributed by atoms with van der Waals surface area (Å²) in [7, 11) is 4.13. The third-order valence-corrected chi connectivity index (χ3v) is 4.17. The molecule has 4 aromatic rings. The summed E-state index contributed by atoms with van der Waals surface area (Å²) in [6, 6.07) is 27.1. The van der Waals surface area contributed by atoms with Gasteiger partial charge in [-0.2, -0.15) is 0 Å². The zero-order valence-electron chi connectivity index (χ0n) is 13.8. The fraction of sp³-hybridized carbons (Fsp3) is 0.0952. The van der Waals surface area contributed by atoms with Gasteiger partial charge < -0.3 is 0 Å². The van der Waals surface area contributed by atoms with Crippen molar-refractivity contribution in [1.82, 2.24) is 9.99 Å². The second kappa shape index (κ2) is 5.95. The lowest BCUT2D eigenvalue weighted by Gasteiger charge is -2.33. The number of hydrazine groups is 1. The minimum absolute atomic E-state index is 1.01. The minimum atomic E-state index is 1.01. The molecule has 0 saturated heterocycles. The molecule has 0 aliphatic heterocycles. The van der Waals surface area contributed by atoms with E-state index in [1.165, 1.54) is 0 Å². The highest BCUT2D eigenvalue weighted by Gasteiger charge is 2.18. The van der Waals surface area contributed by atoms with Crippen LogP contribution in [0.3, 0.4) is 0 Å². The Morgan fingerprint density at radius 3 is 1.67 bits per heavy atom. The Kier molecular flexibility index (Phi) is 3.63. The van der Waals surface area contributed by atoms with E-state index in [2.05, 4.69) is 84.8 Å². The molecule has 0 saturated carbocycles. The number of fused-ring (bicyclic) bond motifs is 2. The average Bonchev–Trinajstić information content (AvgIpc) is 2.62. The van der Waals surface area contributed by atoms with Crippen molar-refractivity contribution in [3.8, 4) is 0 Å². The monoisotopic (exact) mass is 313 g/mol. The van der Waals surface area contributed by atoms with Crippen LogP contribution in [0.1, 0.15) is 0 Å². The Labute approximate surface area is 141 Å². The normalized spacial score (nSPS) is 11.3. The quantitative estimate of drug-likeness (QED) is 0.392. The molecule has 3 heteroatoms. The van der Waals surface area contributed by atoms with Crippen LogP contribution < -0.4 is 5.01 Å². The second-order valence-corrected chi connectivity index (χ2v) is 5.99. The van der Waals surface area contributed by atoms with Gasteiger partial charge in [0.1, 0.15) is 0 Å². The maximum absolute atomic E-state index is 4.83. The van der Waals surface area contributed by atoms with Gasteiger partial charge in [0, 0.05) is 24.9 Å². The van der Waals surface area contributed by atoms with E-state index in [4.69, 9.17) is 4.98 Å². The average molecular weight is 313 g/mol. The first-order chi connectivity index (χ1) is 11.8. The van der Waals surface area contributed by atoms with Gasteiger partial charge in [0.15, 0.2) is 0 Å². The lowest BCUT2D eigenvalue weighted by Crippen LogP contribution is -2.32. The Hall–Kier alpha value is -2.91. The number of hydrogen-bond donors (Lipinski definition) is 0. The Balaban J connectivity index is 2.12. The van der Waals surface area contributed by atoms with Crippen molar-refractivity contribution in [2.75, 3.05) is 19.1 Å². The number of pyridine rings is 1. The first kappa shape index (κ1) is 14.7. The molecule has 1 heterocycles. The number of aromatic nitrogens is 1. The van der Waals surface area contributed by atoms with Crippen molar-refractivity contribution in [3.63, 3.8) is 0 Å². The largest absolute Gasteiger partial charge is 0.274 e. The minimum Gasteiger partial charge on any atom is -0.274 e. The van der Waals surface area contributed by atoms with Gasteiger partial charge in [-0.3, -0.25) is 5.01 Å². The van der Waals surface area contributed by atoms with Crippen LogP contribution in [-0.2, 0) is 0 Å². The van der Waals surface area contributed by atoms with Gasteiger partial charge in [-0.25, -0.2) is 9.99 Å².